The molecule has 7 heteroatoms. The molecule has 0 radical (unpaired) electrons. The standard InChI is InChI=1S/C21H23N5O2/c1-12-6-8-26(9-7-12)21-24-18-17(20(28)25-21)16(15(11-22)19(27)23-18)14-5-3-4-13(2)10-14/h3-5,10,12,15-16H,6-9H2,1-2H3,(H2,23,24,25,27,28). The van der Waals surface area contributed by atoms with Gasteiger partial charge >= 0.3 is 0 Å². The second kappa shape index (κ2) is 7.12. The number of carbonyl (C=O) groups is 1. The van der Waals surface area contributed by atoms with Crippen LogP contribution in [0.15, 0.2) is 29.1 Å². The molecule has 1 aromatic carbocycles. The van der Waals surface area contributed by atoms with Crippen LogP contribution in [0, 0.1) is 30.1 Å². The van der Waals surface area contributed by atoms with Gasteiger partial charge in [0.15, 0.2) is 0 Å². The molecule has 28 heavy (non-hydrogen) atoms. The second-order valence-electron chi connectivity index (χ2n) is 7.81. The fourth-order valence-electron chi connectivity index (χ4n) is 4.09. The maximum absolute atomic E-state index is 13.0. The molecule has 1 amide bonds. The molecule has 1 aromatic heterocycles. The Morgan fingerprint density at radius 2 is 2.00 bits per heavy atom. The minimum atomic E-state index is -0.973. The zero-order valence-electron chi connectivity index (χ0n) is 16.0. The topological polar surface area (TPSA) is 102 Å². The van der Waals surface area contributed by atoms with E-state index < -0.39 is 17.7 Å². The van der Waals surface area contributed by atoms with Crippen molar-refractivity contribution in [3.8, 4) is 6.07 Å². The Kier molecular flexibility index (Phi) is 4.63. The van der Waals surface area contributed by atoms with Gasteiger partial charge in [0.05, 0.1) is 11.6 Å². The van der Waals surface area contributed by atoms with Crippen LogP contribution in [0.3, 0.4) is 0 Å². The number of fused-ring (bicyclic) bond motifs is 1. The minimum absolute atomic E-state index is 0.264. The third kappa shape index (κ3) is 3.15. The first-order valence-electron chi connectivity index (χ1n) is 9.64. The molecular weight excluding hydrogens is 354 g/mol. The van der Waals surface area contributed by atoms with Crippen molar-refractivity contribution in [2.45, 2.75) is 32.6 Å². The van der Waals surface area contributed by atoms with E-state index in [0.717, 1.165) is 37.1 Å². The van der Waals surface area contributed by atoms with Crippen LogP contribution < -0.4 is 15.8 Å². The highest BCUT2D eigenvalue weighted by Crippen LogP contribution is 2.38. The summed E-state index contributed by atoms with van der Waals surface area (Å²) in [5.74, 6) is -0.630. The van der Waals surface area contributed by atoms with Crippen molar-refractivity contribution in [3.63, 3.8) is 0 Å². The lowest BCUT2D eigenvalue weighted by molar-refractivity contribution is -0.119. The summed E-state index contributed by atoms with van der Waals surface area (Å²) >= 11 is 0. The van der Waals surface area contributed by atoms with Gasteiger partial charge in [0.2, 0.25) is 11.9 Å². The first kappa shape index (κ1) is 18.2. The second-order valence-corrected chi connectivity index (χ2v) is 7.81. The van der Waals surface area contributed by atoms with Crippen LogP contribution in [-0.2, 0) is 4.79 Å². The van der Waals surface area contributed by atoms with E-state index in [1.807, 2.05) is 36.1 Å². The van der Waals surface area contributed by atoms with Crippen molar-refractivity contribution >= 4 is 17.7 Å². The van der Waals surface area contributed by atoms with Crippen molar-refractivity contribution in [2.24, 2.45) is 11.8 Å². The number of piperidine rings is 1. The van der Waals surface area contributed by atoms with Crippen molar-refractivity contribution in [1.29, 1.82) is 5.26 Å². The number of carbonyl (C=O) groups excluding carboxylic acids is 1. The lowest BCUT2D eigenvalue weighted by Crippen LogP contribution is -2.40. The van der Waals surface area contributed by atoms with Gasteiger partial charge in [-0.25, -0.2) is 0 Å². The number of hydrogen-bond donors (Lipinski definition) is 2. The van der Waals surface area contributed by atoms with Crippen LogP contribution in [0.4, 0.5) is 11.8 Å². The molecule has 144 valence electrons. The molecule has 1 saturated heterocycles. The zero-order valence-corrected chi connectivity index (χ0v) is 16.0. The number of benzene rings is 1. The Labute approximate surface area is 163 Å². The fraction of sp³-hybridized carbons (Fsp3) is 0.429. The Bertz CT molecular complexity index is 1010. The van der Waals surface area contributed by atoms with E-state index in [1.54, 1.807) is 0 Å². The third-order valence-corrected chi connectivity index (χ3v) is 5.73. The Morgan fingerprint density at radius 1 is 1.25 bits per heavy atom. The van der Waals surface area contributed by atoms with E-state index in [1.165, 1.54) is 0 Å². The number of rotatable bonds is 2. The number of anilines is 2. The third-order valence-electron chi connectivity index (χ3n) is 5.73. The van der Waals surface area contributed by atoms with Crippen molar-refractivity contribution in [2.75, 3.05) is 23.3 Å². The van der Waals surface area contributed by atoms with Gasteiger partial charge in [-0.1, -0.05) is 36.8 Å². The van der Waals surface area contributed by atoms with Crippen LogP contribution in [0.2, 0.25) is 0 Å². The van der Waals surface area contributed by atoms with Gasteiger partial charge < -0.3 is 10.2 Å². The summed E-state index contributed by atoms with van der Waals surface area (Å²) in [6.45, 7) is 5.80. The molecule has 2 atom stereocenters. The molecule has 2 aliphatic heterocycles. The van der Waals surface area contributed by atoms with Gasteiger partial charge in [-0.15, -0.1) is 0 Å². The first-order chi connectivity index (χ1) is 13.5. The summed E-state index contributed by atoms with van der Waals surface area (Å²) in [7, 11) is 0. The molecule has 7 nitrogen and oxygen atoms in total. The van der Waals surface area contributed by atoms with Gasteiger partial charge in [0.1, 0.15) is 11.7 Å². The largest absolute Gasteiger partial charge is 0.342 e. The molecule has 3 heterocycles. The summed E-state index contributed by atoms with van der Waals surface area (Å²) in [5, 5.41) is 12.3. The van der Waals surface area contributed by atoms with Gasteiger partial charge in [-0.2, -0.15) is 10.2 Å². The van der Waals surface area contributed by atoms with E-state index in [4.69, 9.17) is 0 Å². The SMILES string of the molecule is Cc1cccc(C2c3c(nc(N4CCC(C)CC4)[nH]c3=O)NC(=O)C2C#N)c1. The summed E-state index contributed by atoms with van der Waals surface area (Å²) in [6, 6.07) is 9.65. The van der Waals surface area contributed by atoms with Gasteiger partial charge in [0.25, 0.3) is 5.56 Å². The van der Waals surface area contributed by atoms with Gasteiger partial charge in [0, 0.05) is 19.0 Å². The number of nitriles is 1. The van der Waals surface area contributed by atoms with E-state index in [0.29, 0.717) is 17.4 Å². The van der Waals surface area contributed by atoms with E-state index in [-0.39, 0.29) is 11.4 Å². The minimum Gasteiger partial charge on any atom is -0.342 e. The molecule has 2 N–H and O–H groups in total. The van der Waals surface area contributed by atoms with Crippen LogP contribution in [-0.4, -0.2) is 29.0 Å². The highest BCUT2D eigenvalue weighted by Gasteiger charge is 2.40. The normalized spacial score (nSPS) is 22.3. The number of hydrogen-bond acceptors (Lipinski definition) is 5. The predicted molar refractivity (Wildman–Crippen MR) is 106 cm³/mol. The van der Waals surface area contributed by atoms with Crippen LogP contribution >= 0.6 is 0 Å². The number of aromatic amines is 1. The number of nitrogens with one attached hydrogen (secondary N) is 2. The van der Waals surface area contributed by atoms with E-state index in [9.17, 15) is 14.9 Å². The van der Waals surface area contributed by atoms with Crippen molar-refractivity contribution in [3.05, 3.63) is 51.3 Å². The number of aryl methyl sites for hydroxylation is 1. The Balaban J connectivity index is 1.81. The number of H-pyrrole nitrogens is 1. The fourth-order valence-corrected chi connectivity index (χ4v) is 4.09. The summed E-state index contributed by atoms with van der Waals surface area (Å²) < 4.78 is 0. The molecule has 0 spiro atoms. The first-order valence-corrected chi connectivity index (χ1v) is 9.64. The monoisotopic (exact) mass is 377 g/mol. The molecule has 0 bridgehead atoms. The van der Waals surface area contributed by atoms with E-state index in [2.05, 4.69) is 28.3 Å². The van der Waals surface area contributed by atoms with E-state index >= 15 is 0 Å². The molecule has 2 unspecified atom stereocenters. The number of nitrogens with zero attached hydrogens (tertiary/aromatic N) is 3. The van der Waals surface area contributed by atoms with Crippen molar-refractivity contribution in [1.82, 2.24) is 9.97 Å². The van der Waals surface area contributed by atoms with Gasteiger partial charge in [-0.3, -0.25) is 14.6 Å². The lowest BCUT2D eigenvalue weighted by Gasteiger charge is -2.33. The Hall–Kier alpha value is -3.14. The van der Waals surface area contributed by atoms with Crippen LogP contribution in [0.25, 0.3) is 0 Å². The predicted octanol–water partition coefficient (Wildman–Crippen LogP) is 2.54. The highest BCUT2D eigenvalue weighted by atomic mass is 16.2. The molecular formula is C21H23N5O2. The smallest absolute Gasteiger partial charge is 0.258 e. The maximum Gasteiger partial charge on any atom is 0.258 e. The molecule has 4 rings (SSSR count). The number of amides is 1. The summed E-state index contributed by atoms with van der Waals surface area (Å²) in [4.78, 5) is 35.2. The number of aromatic nitrogens is 2. The van der Waals surface area contributed by atoms with Crippen LogP contribution in [0.5, 0.6) is 0 Å². The highest BCUT2D eigenvalue weighted by molar-refractivity contribution is 5.98. The molecule has 0 saturated carbocycles. The lowest BCUT2D eigenvalue weighted by atomic mass is 9.79. The average molecular weight is 377 g/mol. The van der Waals surface area contributed by atoms with Crippen LogP contribution in [0.1, 0.15) is 42.4 Å². The molecule has 0 aliphatic carbocycles. The Morgan fingerprint density at radius 3 is 2.68 bits per heavy atom. The molecule has 2 aromatic rings. The quantitative estimate of drug-likeness (QED) is 0.837. The zero-order chi connectivity index (χ0) is 19.8. The summed E-state index contributed by atoms with van der Waals surface area (Å²) in [5.41, 5.74) is 1.83. The van der Waals surface area contributed by atoms with Gasteiger partial charge in [-0.05, 0) is 31.2 Å². The molecule has 1 fully saturated rings. The molecule has 2 aliphatic rings. The average Bonchev–Trinajstić information content (AvgIpc) is 2.67. The van der Waals surface area contributed by atoms with Crippen molar-refractivity contribution < 1.29 is 4.79 Å². The maximum atomic E-state index is 13.0. The summed E-state index contributed by atoms with van der Waals surface area (Å²) in [6.07, 6.45) is 2.07.